The van der Waals surface area contributed by atoms with Gasteiger partial charge in [-0.2, -0.15) is 0 Å². The van der Waals surface area contributed by atoms with Gasteiger partial charge in [0.25, 0.3) is 23.2 Å². The molecule has 11 nitrogen and oxygen atoms in total. The van der Waals surface area contributed by atoms with E-state index in [1.54, 1.807) is 52.0 Å². The number of carbonyl (C=O) groups is 2. The number of furan rings is 1. The fraction of sp³-hybridized carbons (Fsp3) is 0.238. The molecule has 0 unspecified atom stereocenters. The molecule has 0 saturated carbocycles. The molecule has 3 aromatic rings. The molecule has 1 aromatic heterocycles. The van der Waals surface area contributed by atoms with Gasteiger partial charge >= 0.3 is 0 Å². The molecule has 11 heteroatoms. The number of nitrogens with one attached hydrogen (secondary N) is 1. The molecule has 0 aliphatic carbocycles. The van der Waals surface area contributed by atoms with Crippen LogP contribution in [0.2, 0.25) is 0 Å². The lowest BCUT2D eigenvalue weighted by atomic mass is 10.1. The summed E-state index contributed by atoms with van der Waals surface area (Å²) in [5.41, 5.74) is 0.795. The zero-order chi connectivity index (χ0) is 23.8. The first-order chi connectivity index (χ1) is 14.9. The number of non-ortho nitro benzene ring substituents is 2. The lowest BCUT2D eigenvalue weighted by Gasteiger charge is -2.35. The molecule has 0 spiro atoms. The van der Waals surface area contributed by atoms with Crippen LogP contribution in [-0.2, 0) is 0 Å². The lowest BCUT2D eigenvalue weighted by Crippen LogP contribution is -2.55. The van der Waals surface area contributed by atoms with Crippen LogP contribution in [0.25, 0.3) is 11.0 Å². The van der Waals surface area contributed by atoms with E-state index < -0.39 is 38.6 Å². The molecular formula is C21H20N4O7. The molecular weight excluding hydrogens is 420 g/mol. The number of aryl methyl sites for hydroxylation is 1. The summed E-state index contributed by atoms with van der Waals surface area (Å²) >= 11 is 0. The first-order valence-corrected chi connectivity index (χ1v) is 9.47. The van der Waals surface area contributed by atoms with E-state index in [0.717, 1.165) is 23.2 Å². The smallest absolute Gasteiger partial charge is 0.277 e. The van der Waals surface area contributed by atoms with E-state index in [2.05, 4.69) is 5.43 Å². The first-order valence-electron chi connectivity index (χ1n) is 9.47. The molecule has 0 bridgehead atoms. The van der Waals surface area contributed by atoms with Crippen LogP contribution in [0, 0.1) is 27.2 Å². The van der Waals surface area contributed by atoms with Gasteiger partial charge in [0.05, 0.1) is 32.6 Å². The zero-order valence-electron chi connectivity index (χ0n) is 17.7. The third-order valence-corrected chi connectivity index (χ3v) is 4.59. The minimum Gasteiger partial charge on any atom is -0.461 e. The molecule has 32 heavy (non-hydrogen) atoms. The van der Waals surface area contributed by atoms with Gasteiger partial charge in [0.1, 0.15) is 11.3 Å². The summed E-state index contributed by atoms with van der Waals surface area (Å²) < 4.78 is 5.53. The quantitative estimate of drug-likeness (QED) is 0.473. The van der Waals surface area contributed by atoms with Crippen molar-refractivity contribution in [1.29, 1.82) is 0 Å². The topological polar surface area (TPSA) is 149 Å². The van der Waals surface area contributed by atoms with Gasteiger partial charge in [-0.05, 0) is 45.9 Å². The van der Waals surface area contributed by atoms with E-state index in [4.69, 9.17) is 4.42 Å². The Morgan fingerprint density at radius 2 is 1.59 bits per heavy atom. The van der Waals surface area contributed by atoms with Gasteiger partial charge in [-0.3, -0.25) is 35.2 Å². The van der Waals surface area contributed by atoms with Crippen molar-refractivity contribution in [2.45, 2.75) is 33.2 Å². The highest BCUT2D eigenvalue weighted by Crippen LogP contribution is 2.26. The average molecular weight is 440 g/mol. The van der Waals surface area contributed by atoms with Crippen molar-refractivity contribution < 1.29 is 23.9 Å². The summed E-state index contributed by atoms with van der Waals surface area (Å²) in [5, 5.41) is 23.9. The number of carbonyl (C=O) groups excluding carboxylic acids is 2. The number of hydrogen-bond donors (Lipinski definition) is 1. The second-order valence-electron chi connectivity index (χ2n) is 8.08. The molecule has 0 radical (unpaired) electrons. The van der Waals surface area contributed by atoms with Gasteiger partial charge in [-0.15, -0.1) is 0 Å². The maximum Gasteiger partial charge on any atom is 0.277 e. The van der Waals surface area contributed by atoms with E-state index in [1.807, 2.05) is 0 Å². The standard InChI is InChI=1S/C21H20N4O7/c1-12-8-17-16(6-5-7-18(17)32-12)19(26)22-23(21(2,3)4)20(27)13-9-14(24(28)29)11-15(10-13)25(30)31/h5-11H,1-4H3,(H,22,26). The Kier molecular flexibility index (Phi) is 5.67. The minimum atomic E-state index is -0.966. The van der Waals surface area contributed by atoms with E-state index in [-0.39, 0.29) is 11.1 Å². The monoisotopic (exact) mass is 440 g/mol. The van der Waals surface area contributed by atoms with Crippen molar-refractivity contribution >= 4 is 34.2 Å². The molecule has 2 amide bonds. The van der Waals surface area contributed by atoms with Gasteiger partial charge < -0.3 is 4.42 Å². The molecule has 166 valence electrons. The molecule has 0 aliphatic rings. The first kappa shape index (κ1) is 22.4. The van der Waals surface area contributed by atoms with Crippen LogP contribution in [0.1, 0.15) is 47.2 Å². The fourth-order valence-electron chi connectivity index (χ4n) is 3.13. The van der Waals surface area contributed by atoms with Gasteiger partial charge in [0, 0.05) is 17.5 Å². The summed E-state index contributed by atoms with van der Waals surface area (Å²) in [6, 6.07) is 9.22. The maximum atomic E-state index is 13.2. The highest BCUT2D eigenvalue weighted by atomic mass is 16.6. The average Bonchev–Trinajstić information content (AvgIpc) is 3.10. The number of nitrogens with zero attached hydrogens (tertiary/aromatic N) is 3. The molecule has 1 N–H and O–H groups in total. The molecule has 0 aliphatic heterocycles. The van der Waals surface area contributed by atoms with Crippen molar-refractivity contribution in [3.05, 3.63) is 79.6 Å². The Labute approximate surface area is 181 Å². The zero-order valence-corrected chi connectivity index (χ0v) is 17.7. The molecule has 0 atom stereocenters. The van der Waals surface area contributed by atoms with Gasteiger partial charge in [-0.1, -0.05) is 6.07 Å². The van der Waals surface area contributed by atoms with E-state index in [1.165, 1.54) is 0 Å². The summed E-state index contributed by atoms with van der Waals surface area (Å²) in [6.45, 7) is 6.65. The number of nitro benzene ring substituents is 2. The number of fused-ring (bicyclic) bond motifs is 1. The van der Waals surface area contributed by atoms with Crippen LogP contribution in [0.4, 0.5) is 11.4 Å². The summed E-state index contributed by atoms with van der Waals surface area (Å²) in [5.74, 6) is -0.847. The number of nitro groups is 2. The van der Waals surface area contributed by atoms with Crippen molar-refractivity contribution in [2.75, 3.05) is 0 Å². The van der Waals surface area contributed by atoms with Gasteiger partial charge in [0.15, 0.2) is 0 Å². The molecule has 2 aromatic carbocycles. The van der Waals surface area contributed by atoms with Crippen LogP contribution in [-0.4, -0.2) is 32.2 Å². The number of hydrogen-bond acceptors (Lipinski definition) is 7. The van der Waals surface area contributed by atoms with Crippen LogP contribution < -0.4 is 5.43 Å². The predicted octanol–water partition coefficient (Wildman–Crippen LogP) is 4.14. The van der Waals surface area contributed by atoms with Crippen LogP contribution in [0.5, 0.6) is 0 Å². The van der Waals surface area contributed by atoms with Crippen LogP contribution >= 0.6 is 0 Å². The van der Waals surface area contributed by atoms with Crippen molar-refractivity contribution in [3.8, 4) is 0 Å². The summed E-state index contributed by atoms with van der Waals surface area (Å²) in [6.07, 6.45) is 0. The van der Waals surface area contributed by atoms with E-state index >= 15 is 0 Å². The van der Waals surface area contributed by atoms with E-state index in [0.29, 0.717) is 16.7 Å². The molecule has 0 fully saturated rings. The van der Waals surface area contributed by atoms with Gasteiger partial charge in [0.2, 0.25) is 0 Å². The third kappa shape index (κ3) is 4.41. The summed E-state index contributed by atoms with van der Waals surface area (Å²) in [7, 11) is 0. The Morgan fingerprint density at radius 3 is 2.12 bits per heavy atom. The largest absolute Gasteiger partial charge is 0.461 e. The predicted molar refractivity (Wildman–Crippen MR) is 114 cm³/mol. The van der Waals surface area contributed by atoms with Crippen molar-refractivity contribution in [2.24, 2.45) is 0 Å². The van der Waals surface area contributed by atoms with Crippen molar-refractivity contribution in [3.63, 3.8) is 0 Å². The fourth-order valence-corrected chi connectivity index (χ4v) is 3.13. The van der Waals surface area contributed by atoms with Crippen LogP contribution in [0.15, 0.2) is 46.9 Å². The number of benzene rings is 2. The highest BCUT2D eigenvalue weighted by Gasteiger charge is 2.32. The lowest BCUT2D eigenvalue weighted by molar-refractivity contribution is -0.394. The number of hydrazine groups is 1. The molecule has 1 heterocycles. The number of amides is 2. The Morgan fingerprint density at radius 1 is 1.00 bits per heavy atom. The molecule has 0 saturated heterocycles. The van der Waals surface area contributed by atoms with Gasteiger partial charge in [-0.25, -0.2) is 5.01 Å². The van der Waals surface area contributed by atoms with Crippen molar-refractivity contribution in [1.82, 2.24) is 10.4 Å². The van der Waals surface area contributed by atoms with Crippen LogP contribution in [0.3, 0.4) is 0 Å². The second kappa shape index (κ2) is 8.10. The number of rotatable bonds is 4. The second-order valence-corrected chi connectivity index (χ2v) is 8.08. The molecule has 3 rings (SSSR count). The third-order valence-electron chi connectivity index (χ3n) is 4.59. The Balaban J connectivity index is 2.02. The summed E-state index contributed by atoms with van der Waals surface area (Å²) in [4.78, 5) is 47.0. The maximum absolute atomic E-state index is 13.2. The Hall–Kier alpha value is -4.28. The SMILES string of the molecule is Cc1cc2c(C(=O)NN(C(=O)c3cc([N+](=O)[O-])cc([N+](=O)[O-])c3)C(C)(C)C)cccc2o1. The normalized spacial score (nSPS) is 11.2. The Bertz CT molecular complexity index is 1220. The minimum absolute atomic E-state index is 0.256. The van der Waals surface area contributed by atoms with E-state index in [9.17, 15) is 29.8 Å². The highest BCUT2D eigenvalue weighted by molar-refractivity contribution is 6.07.